The van der Waals surface area contributed by atoms with E-state index >= 15 is 0 Å². The normalized spacial score (nSPS) is 9.76. The van der Waals surface area contributed by atoms with Gasteiger partial charge in [0.1, 0.15) is 5.75 Å². The Morgan fingerprint density at radius 3 is 2.82 bits per heavy atom. The predicted molar refractivity (Wildman–Crippen MR) is 69.2 cm³/mol. The lowest BCUT2D eigenvalue weighted by Gasteiger charge is -2.10. The lowest BCUT2D eigenvalue weighted by Crippen LogP contribution is -2.29. The van der Waals surface area contributed by atoms with E-state index in [4.69, 9.17) is 10.5 Å². The van der Waals surface area contributed by atoms with Crippen molar-refractivity contribution in [2.24, 2.45) is 0 Å². The largest absolute Gasteiger partial charge is 0.492 e. The van der Waals surface area contributed by atoms with Gasteiger partial charge in [-0.25, -0.2) is 0 Å². The second-order valence-corrected chi connectivity index (χ2v) is 3.49. The summed E-state index contributed by atoms with van der Waals surface area (Å²) in [6, 6.07) is 5.36. The van der Waals surface area contributed by atoms with Crippen LogP contribution in [0.15, 0.2) is 18.2 Å². The van der Waals surface area contributed by atoms with Crippen molar-refractivity contribution in [3.05, 3.63) is 18.2 Å². The van der Waals surface area contributed by atoms with E-state index in [-0.39, 0.29) is 12.5 Å². The summed E-state index contributed by atoms with van der Waals surface area (Å²) in [6.07, 6.45) is 0. The third-order valence-corrected chi connectivity index (χ3v) is 2.14. The zero-order chi connectivity index (χ0) is 12.7. The molecule has 0 aliphatic heterocycles. The van der Waals surface area contributed by atoms with Gasteiger partial charge in [0.05, 0.1) is 18.8 Å². The number of carbonyl (C=O) groups excluding carboxylic acids is 1. The third kappa shape index (κ3) is 4.22. The number of amides is 1. The first-order valence-corrected chi connectivity index (χ1v) is 5.70. The second-order valence-electron chi connectivity index (χ2n) is 3.49. The molecule has 0 fully saturated rings. The lowest BCUT2D eigenvalue weighted by atomic mass is 10.2. The van der Waals surface area contributed by atoms with Gasteiger partial charge in [0.2, 0.25) is 5.91 Å². The van der Waals surface area contributed by atoms with Gasteiger partial charge in [-0.15, -0.1) is 0 Å². The zero-order valence-electron chi connectivity index (χ0n) is 10.2. The van der Waals surface area contributed by atoms with E-state index in [2.05, 4.69) is 10.6 Å². The van der Waals surface area contributed by atoms with Crippen LogP contribution in [0.25, 0.3) is 0 Å². The van der Waals surface area contributed by atoms with Crippen LogP contribution in [0.2, 0.25) is 0 Å². The van der Waals surface area contributed by atoms with Gasteiger partial charge in [0.25, 0.3) is 0 Å². The Morgan fingerprint density at radius 1 is 1.41 bits per heavy atom. The second kappa shape index (κ2) is 6.62. The molecule has 17 heavy (non-hydrogen) atoms. The number of rotatable bonds is 6. The smallest absolute Gasteiger partial charge is 0.239 e. The van der Waals surface area contributed by atoms with Gasteiger partial charge < -0.3 is 21.1 Å². The van der Waals surface area contributed by atoms with Crippen molar-refractivity contribution in [1.82, 2.24) is 5.32 Å². The minimum Gasteiger partial charge on any atom is -0.492 e. The number of anilines is 2. The van der Waals surface area contributed by atoms with Crippen molar-refractivity contribution in [2.75, 3.05) is 30.7 Å². The number of nitrogen functional groups attached to an aromatic ring is 1. The predicted octanol–water partition coefficient (Wildman–Crippen LogP) is 1.22. The van der Waals surface area contributed by atoms with Crippen molar-refractivity contribution in [2.45, 2.75) is 13.8 Å². The summed E-state index contributed by atoms with van der Waals surface area (Å²) in [4.78, 5) is 11.3. The maximum absolute atomic E-state index is 11.3. The molecule has 1 aromatic rings. The lowest BCUT2D eigenvalue weighted by molar-refractivity contribution is -0.119. The molecule has 1 aromatic carbocycles. The van der Waals surface area contributed by atoms with Gasteiger partial charge in [-0.3, -0.25) is 4.79 Å². The van der Waals surface area contributed by atoms with Crippen LogP contribution in [0, 0.1) is 0 Å². The van der Waals surface area contributed by atoms with Crippen LogP contribution in [-0.2, 0) is 4.79 Å². The van der Waals surface area contributed by atoms with E-state index in [9.17, 15) is 4.79 Å². The van der Waals surface area contributed by atoms with Crippen molar-refractivity contribution >= 4 is 17.3 Å². The molecule has 1 rings (SSSR count). The summed E-state index contributed by atoms with van der Waals surface area (Å²) in [5, 5.41) is 5.72. The first-order chi connectivity index (χ1) is 8.17. The summed E-state index contributed by atoms with van der Waals surface area (Å²) in [5.41, 5.74) is 7.15. The molecule has 0 saturated carbocycles. The molecule has 0 spiro atoms. The molecular weight excluding hydrogens is 218 g/mol. The van der Waals surface area contributed by atoms with Crippen LogP contribution in [0.3, 0.4) is 0 Å². The summed E-state index contributed by atoms with van der Waals surface area (Å²) in [6.45, 7) is 5.21. The molecule has 0 bridgehead atoms. The third-order valence-electron chi connectivity index (χ3n) is 2.14. The number of hydrogen-bond donors (Lipinski definition) is 3. The molecule has 5 nitrogen and oxygen atoms in total. The monoisotopic (exact) mass is 237 g/mol. The van der Waals surface area contributed by atoms with Gasteiger partial charge in [0, 0.05) is 18.3 Å². The van der Waals surface area contributed by atoms with Gasteiger partial charge >= 0.3 is 0 Å². The molecule has 0 unspecified atom stereocenters. The van der Waals surface area contributed by atoms with Gasteiger partial charge in [0.15, 0.2) is 0 Å². The van der Waals surface area contributed by atoms with E-state index < -0.39 is 0 Å². The zero-order valence-corrected chi connectivity index (χ0v) is 10.2. The standard InChI is InChI=1S/C12H19N3O2/c1-3-14-12(16)8-15-9-5-6-10(13)11(7-9)17-4-2/h5-7,15H,3-4,8,13H2,1-2H3,(H,14,16). The molecule has 4 N–H and O–H groups in total. The Balaban J connectivity index is 2.59. The quantitative estimate of drug-likeness (QED) is 0.650. The van der Waals surface area contributed by atoms with E-state index in [0.29, 0.717) is 24.6 Å². The number of benzene rings is 1. The number of carbonyl (C=O) groups is 1. The average molecular weight is 237 g/mol. The molecule has 5 heteroatoms. The van der Waals surface area contributed by atoms with Crippen LogP contribution in [0.1, 0.15) is 13.8 Å². The van der Waals surface area contributed by atoms with Gasteiger partial charge in [-0.05, 0) is 26.0 Å². The maximum Gasteiger partial charge on any atom is 0.239 e. The fourth-order valence-electron chi connectivity index (χ4n) is 1.37. The Hall–Kier alpha value is -1.91. The number of ether oxygens (including phenoxy) is 1. The molecule has 0 heterocycles. The fourth-order valence-corrected chi connectivity index (χ4v) is 1.37. The average Bonchev–Trinajstić information content (AvgIpc) is 2.31. The Morgan fingerprint density at radius 2 is 2.18 bits per heavy atom. The highest BCUT2D eigenvalue weighted by molar-refractivity contribution is 5.80. The summed E-state index contributed by atoms with van der Waals surface area (Å²) >= 11 is 0. The molecule has 0 radical (unpaired) electrons. The summed E-state index contributed by atoms with van der Waals surface area (Å²) < 4.78 is 5.37. The number of nitrogens with one attached hydrogen (secondary N) is 2. The summed E-state index contributed by atoms with van der Waals surface area (Å²) in [7, 11) is 0. The van der Waals surface area contributed by atoms with E-state index in [1.165, 1.54) is 0 Å². The number of nitrogens with two attached hydrogens (primary N) is 1. The highest BCUT2D eigenvalue weighted by Gasteiger charge is 2.03. The maximum atomic E-state index is 11.3. The topological polar surface area (TPSA) is 76.4 Å². The fraction of sp³-hybridized carbons (Fsp3) is 0.417. The number of hydrogen-bond acceptors (Lipinski definition) is 4. The molecule has 0 aromatic heterocycles. The molecule has 0 saturated heterocycles. The first kappa shape index (κ1) is 13.2. The molecule has 0 aliphatic carbocycles. The van der Waals surface area contributed by atoms with Gasteiger partial charge in [-0.1, -0.05) is 0 Å². The SMILES string of the molecule is CCNC(=O)CNc1ccc(N)c(OCC)c1. The van der Waals surface area contributed by atoms with Crippen LogP contribution >= 0.6 is 0 Å². The molecule has 94 valence electrons. The van der Waals surface area contributed by atoms with Crippen molar-refractivity contribution in [3.63, 3.8) is 0 Å². The Labute approximate surface area is 101 Å². The Kier molecular flexibility index (Phi) is 5.13. The minimum absolute atomic E-state index is 0.0396. The summed E-state index contributed by atoms with van der Waals surface area (Å²) in [5.74, 6) is 0.593. The number of likely N-dealkylation sites (N-methyl/N-ethyl adjacent to an activating group) is 1. The molecule has 0 aliphatic rings. The van der Waals surface area contributed by atoms with Gasteiger partial charge in [-0.2, -0.15) is 0 Å². The first-order valence-electron chi connectivity index (χ1n) is 5.70. The van der Waals surface area contributed by atoms with Crippen LogP contribution in [-0.4, -0.2) is 25.6 Å². The van der Waals surface area contributed by atoms with Crippen LogP contribution in [0.4, 0.5) is 11.4 Å². The van der Waals surface area contributed by atoms with Crippen LogP contribution in [0.5, 0.6) is 5.75 Å². The Bertz CT molecular complexity index is 380. The van der Waals surface area contributed by atoms with Crippen molar-refractivity contribution < 1.29 is 9.53 Å². The molecule has 1 amide bonds. The van der Waals surface area contributed by atoms with Crippen molar-refractivity contribution in [1.29, 1.82) is 0 Å². The highest BCUT2D eigenvalue weighted by atomic mass is 16.5. The molecule has 0 atom stereocenters. The van der Waals surface area contributed by atoms with Crippen molar-refractivity contribution in [3.8, 4) is 5.75 Å². The van der Waals surface area contributed by atoms with Crippen LogP contribution < -0.4 is 21.1 Å². The minimum atomic E-state index is -0.0396. The molecular formula is C12H19N3O2. The van der Waals surface area contributed by atoms with E-state index in [1.807, 2.05) is 19.9 Å². The van der Waals surface area contributed by atoms with E-state index in [0.717, 1.165) is 5.69 Å². The highest BCUT2D eigenvalue weighted by Crippen LogP contribution is 2.25. The van der Waals surface area contributed by atoms with E-state index in [1.54, 1.807) is 12.1 Å².